The fourth-order valence-electron chi connectivity index (χ4n) is 2.31. The van der Waals surface area contributed by atoms with Gasteiger partial charge in [-0.2, -0.15) is 0 Å². The Morgan fingerprint density at radius 3 is 3.11 bits per heavy atom. The summed E-state index contributed by atoms with van der Waals surface area (Å²) in [4.78, 5) is 15.1. The first-order chi connectivity index (χ1) is 8.74. The predicted octanol–water partition coefficient (Wildman–Crippen LogP) is 2.38. The van der Waals surface area contributed by atoms with Crippen LogP contribution in [0.3, 0.4) is 0 Å². The molecule has 1 aliphatic rings. The van der Waals surface area contributed by atoms with Gasteiger partial charge < -0.3 is 10.1 Å². The number of thiophene rings is 1. The number of rotatable bonds is 3. The number of likely N-dealkylation sites (tertiary alicyclic amines) is 1. The van der Waals surface area contributed by atoms with Crippen molar-refractivity contribution in [3.63, 3.8) is 0 Å². The van der Waals surface area contributed by atoms with Crippen LogP contribution in [-0.2, 0) is 11.2 Å². The van der Waals surface area contributed by atoms with E-state index < -0.39 is 0 Å². The molecule has 1 N–H and O–H groups in total. The molecule has 4 nitrogen and oxygen atoms in total. The molecule has 1 fully saturated rings. The lowest BCUT2D eigenvalue weighted by molar-refractivity contribution is -0.131. The van der Waals surface area contributed by atoms with Gasteiger partial charge in [-0.15, -0.1) is 11.3 Å². The van der Waals surface area contributed by atoms with Crippen LogP contribution in [0, 0.1) is 5.92 Å². The Labute approximate surface area is 111 Å². The Bertz CT molecular complexity index is 428. The zero-order valence-corrected chi connectivity index (χ0v) is 11.3. The van der Waals surface area contributed by atoms with Gasteiger partial charge in [0.05, 0.1) is 12.1 Å². The van der Waals surface area contributed by atoms with Crippen LogP contribution >= 0.6 is 11.3 Å². The molecule has 5 heteroatoms. The predicted molar refractivity (Wildman–Crippen MR) is 72.2 cm³/mol. The maximum atomic E-state index is 12.2. The number of nitrogens with zero attached hydrogens (tertiary/aromatic N) is 2. The molecule has 0 spiro atoms. The van der Waals surface area contributed by atoms with Crippen LogP contribution in [0.2, 0.25) is 0 Å². The topological polar surface area (TPSA) is 52.9 Å². The Morgan fingerprint density at radius 2 is 2.50 bits per heavy atom. The second-order valence-corrected chi connectivity index (χ2v) is 5.57. The Kier molecular flexibility index (Phi) is 4.36. The van der Waals surface area contributed by atoms with Gasteiger partial charge in [-0.1, -0.05) is 18.1 Å². The molecule has 0 saturated carbocycles. The summed E-state index contributed by atoms with van der Waals surface area (Å²) in [7, 11) is 0. The Morgan fingerprint density at radius 1 is 1.67 bits per heavy atom. The van der Waals surface area contributed by atoms with Crippen molar-refractivity contribution < 1.29 is 10.0 Å². The van der Waals surface area contributed by atoms with E-state index in [1.807, 2.05) is 22.4 Å². The molecule has 0 bridgehead atoms. The minimum Gasteiger partial charge on any atom is -0.411 e. The lowest BCUT2D eigenvalue weighted by Crippen LogP contribution is -2.44. The quantitative estimate of drug-likeness (QED) is 0.674. The fraction of sp³-hybridized carbons (Fsp3) is 0.538. The van der Waals surface area contributed by atoms with E-state index in [0.717, 1.165) is 17.0 Å². The van der Waals surface area contributed by atoms with Crippen molar-refractivity contribution in [2.45, 2.75) is 26.2 Å². The van der Waals surface area contributed by atoms with Crippen molar-refractivity contribution in [3.05, 3.63) is 22.4 Å². The molecule has 2 rings (SSSR count). The van der Waals surface area contributed by atoms with Crippen molar-refractivity contribution in [3.8, 4) is 0 Å². The van der Waals surface area contributed by atoms with E-state index in [4.69, 9.17) is 5.21 Å². The first kappa shape index (κ1) is 13.1. The first-order valence-electron chi connectivity index (χ1n) is 6.25. The maximum absolute atomic E-state index is 12.2. The van der Waals surface area contributed by atoms with Gasteiger partial charge in [0, 0.05) is 30.3 Å². The van der Waals surface area contributed by atoms with Crippen LogP contribution in [0.25, 0.3) is 0 Å². The number of oxime groups is 1. The molecular formula is C13H18N2O2S. The van der Waals surface area contributed by atoms with E-state index in [9.17, 15) is 4.79 Å². The number of piperidine rings is 1. The zero-order chi connectivity index (χ0) is 13.0. The molecule has 1 amide bonds. The van der Waals surface area contributed by atoms with Crippen LogP contribution in [-0.4, -0.2) is 34.8 Å². The van der Waals surface area contributed by atoms with Gasteiger partial charge in [-0.05, 0) is 17.9 Å². The molecule has 0 radical (unpaired) electrons. The normalized spacial score (nSPS) is 22.4. The molecule has 0 aliphatic carbocycles. The van der Waals surface area contributed by atoms with Crippen molar-refractivity contribution in [1.29, 1.82) is 0 Å². The minimum atomic E-state index is 0.174. The Hall–Kier alpha value is -1.36. The number of carbonyl (C=O) groups is 1. The summed E-state index contributed by atoms with van der Waals surface area (Å²) in [5.41, 5.74) is 0.831. The van der Waals surface area contributed by atoms with Crippen LogP contribution in [0.1, 0.15) is 24.6 Å². The standard InChI is InChI=1S/C13H18N2O2S/c1-2-10-9-15(6-5-12(10)14-17)13(16)8-11-4-3-7-18-11/h3-4,7,10,17H,2,5-6,8-9H2,1H3/b14-12+. The molecule has 98 valence electrons. The van der Waals surface area contributed by atoms with Crippen molar-refractivity contribution >= 4 is 23.0 Å². The lowest BCUT2D eigenvalue weighted by atomic mass is 9.93. The molecule has 1 atom stereocenters. The third-order valence-electron chi connectivity index (χ3n) is 3.43. The fourth-order valence-corrected chi connectivity index (χ4v) is 3.01. The summed E-state index contributed by atoms with van der Waals surface area (Å²) in [5, 5.41) is 14.3. The molecule has 1 aliphatic heterocycles. The van der Waals surface area contributed by atoms with Crippen molar-refractivity contribution in [2.75, 3.05) is 13.1 Å². The smallest absolute Gasteiger partial charge is 0.227 e. The summed E-state index contributed by atoms with van der Waals surface area (Å²) in [6, 6.07) is 3.96. The highest BCUT2D eigenvalue weighted by molar-refractivity contribution is 7.10. The number of hydrogen-bond donors (Lipinski definition) is 1. The van der Waals surface area contributed by atoms with Gasteiger partial charge in [-0.3, -0.25) is 4.79 Å². The highest BCUT2D eigenvalue weighted by atomic mass is 32.1. The summed E-state index contributed by atoms with van der Waals surface area (Å²) < 4.78 is 0. The van der Waals surface area contributed by atoms with Crippen LogP contribution in [0.5, 0.6) is 0 Å². The summed E-state index contributed by atoms with van der Waals surface area (Å²) >= 11 is 1.62. The van der Waals surface area contributed by atoms with Crippen LogP contribution < -0.4 is 0 Å². The highest BCUT2D eigenvalue weighted by Gasteiger charge is 2.27. The van der Waals surface area contributed by atoms with Gasteiger partial charge in [0.2, 0.25) is 5.91 Å². The highest BCUT2D eigenvalue weighted by Crippen LogP contribution is 2.19. The third-order valence-corrected chi connectivity index (χ3v) is 4.31. The Balaban J connectivity index is 1.96. The van der Waals surface area contributed by atoms with Gasteiger partial charge >= 0.3 is 0 Å². The molecule has 1 aromatic rings. The van der Waals surface area contributed by atoms with E-state index in [1.165, 1.54) is 0 Å². The van der Waals surface area contributed by atoms with Crippen molar-refractivity contribution in [1.82, 2.24) is 4.90 Å². The molecule has 1 saturated heterocycles. The average Bonchev–Trinajstić information content (AvgIpc) is 2.90. The summed E-state index contributed by atoms with van der Waals surface area (Å²) in [5.74, 6) is 0.379. The van der Waals surface area contributed by atoms with Gasteiger partial charge in [0.25, 0.3) is 0 Å². The monoisotopic (exact) mass is 266 g/mol. The minimum absolute atomic E-state index is 0.174. The zero-order valence-electron chi connectivity index (χ0n) is 10.5. The van der Waals surface area contributed by atoms with Gasteiger partial charge in [0.15, 0.2) is 0 Å². The van der Waals surface area contributed by atoms with Crippen LogP contribution in [0.15, 0.2) is 22.7 Å². The van der Waals surface area contributed by atoms with Gasteiger partial charge in [0.1, 0.15) is 0 Å². The number of amides is 1. The maximum Gasteiger partial charge on any atom is 0.227 e. The second-order valence-electron chi connectivity index (χ2n) is 4.54. The molecular weight excluding hydrogens is 248 g/mol. The van der Waals surface area contributed by atoms with Gasteiger partial charge in [-0.25, -0.2) is 0 Å². The largest absolute Gasteiger partial charge is 0.411 e. The molecule has 1 unspecified atom stereocenters. The SMILES string of the molecule is CCC1CN(C(=O)Cc2cccs2)CC/C1=N\O. The number of carbonyl (C=O) groups excluding carboxylic acids is 1. The lowest BCUT2D eigenvalue weighted by Gasteiger charge is -2.32. The summed E-state index contributed by atoms with van der Waals surface area (Å²) in [6.45, 7) is 3.41. The molecule has 2 heterocycles. The van der Waals surface area contributed by atoms with Crippen molar-refractivity contribution in [2.24, 2.45) is 11.1 Å². The van der Waals surface area contributed by atoms with E-state index in [-0.39, 0.29) is 11.8 Å². The third kappa shape index (κ3) is 2.90. The van der Waals surface area contributed by atoms with Crippen LogP contribution in [0.4, 0.5) is 0 Å². The molecule has 1 aromatic heterocycles. The van der Waals surface area contributed by atoms with E-state index >= 15 is 0 Å². The van der Waals surface area contributed by atoms with E-state index in [1.54, 1.807) is 11.3 Å². The van der Waals surface area contributed by atoms with E-state index in [0.29, 0.717) is 25.9 Å². The molecule has 0 aromatic carbocycles. The number of hydrogen-bond acceptors (Lipinski definition) is 4. The first-order valence-corrected chi connectivity index (χ1v) is 7.13. The average molecular weight is 266 g/mol. The molecule has 18 heavy (non-hydrogen) atoms. The summed E-state index contributed by atoms with van der Waals surface area (Å²) in [6.07, 6.45) is 2.08. The van der Waals surface area contributed by atoms with E-state index in [2.05, 4.69) is 12.1 Å². The second kappa shape index (κ2) is 6.00.